The number of nitrogens with zero attached hydrogens (tertiary/aromatic N) is 1. The molecule has 110 valence electrons. The number of carbonyl (C=O) groups excluding carboxylic acids is 2. The Labute approximate surface area is 121 Å². The summed E-state index contributed by atoms with van der Waals surface area (Å²) in [7, 11) is 1.28. The summed E-state index contributed by atoms with van der Waals surface area (Å²) in [4.78, 5) is 22.7. The van der Waals surface area contributed by atoms with E-state index in [1.165, 1.54) is 25.4 Å². The van der Waals surface area contributed by atoms with Gasteiger partial charge >= 0.3 is 5.97 Å². The van der Waals surface area contributed by atoms with Crippen molar-refractivity contribution >= 4 is 17.6 Å². The van der Waals surface area contributed by atoms with E-state index in [1.54, 1.807) is 18.2 Å². The lowest BCUT2D eigenvalue weighted by molar-refractivity contribution is -0.140. The van der Waals surface area contributed by atoms with Crippen LogP contribution in [-0.2, 0) is 14.3 Å². The van der Waals surface area contributed by atoms with Crippen LogP contribution in [-0.4, -0.2) is 30.6 Å². The maximum atomic E-state index is 11.8. The van der Waals surface area contributed by atoms with Gasteiger partial charge in [0.15, 0.2) is 0 Å². The molecule has 0 aliphatic carbocycles. The zero-order valence-corrected chi connectivity index (χ0v) is 11.4. The van der Waals surface area contributed by atoms with Crippen molar-refractivity contribution < 1.29 is 19.4 Å². The number of hydrogen-bond donors (Lipinski definition) is 3. The van der Waals surface area contributed by atoms with E-state index in [9.17, 15) is 14.7 Å². The van der Waals surface area contributed by atoms with Crippen LogP contribution in [0.25, 0.3) is 0 Å². The number of aromatic hydroxyl groups is 1. The van der Waals surface area contributed by atoms with Crippen molar-refractivity contribution in [2.45, 2.75) is 6.42 Å². The smallest absolute Gasteiger partial charge is 0.307 e. The van der Waals surface area contributed by atoms with Gasteiger partial charge in [-0.05, 0) is 12.1 Å². The van der Waals surface area contributed by atoms with Gasteiger partial charge in [-0.1, -0.05) is 12.1 Å². The predicted octanol–water partition coefficient (Wildman–Crippen LogP) is 0.891. The molecule has 3 N–H and O–H groups in total. The van der Waals surface area contributed by atoms with Crippen LogP contribution in [0.5, 0.6) is 5.75 Å². The quantitative estimate of drug-likeness (QED) is 0.236. The summed E-state index contributed by atoms with van der Waals surface area (Å²) < 4.78 is 4.45. The summed E-state index contributed by atoms with van der Waals surface area (Å²) in [5.74, 6) is -1.15. The van der Waals surface area contributed by atoms with E-state index in [0.717, 1.165) is 0 Å². The molecular formula is C14H15N3O4. The average molecular weight is 289 g/mol. The number of nitrogens with one attached hydrogen (secondary N) is 2. The molecule has 7 heteroatoms. The fourth-order valence-electron chi connectivity index (χ4n) is 1.37. The summed E-state index contributed by atoms with van der Waals surface area (Å²) >= 11 is 0. The Morgan fingerprint density at radius 2 is 2.14 bits per heavy atom. The lowest BCUT2D eigenvalue weighted by atomic mass is 10.2. The molecule has 0 aliphatic rings. The van der Waals surface area contributed by atoms with Crippen LogP contribution in [0.3, 0.4) is 0 Å². The average Bonchev–Trinajstić information content (AvgIpc) is 2.49. The highest BCUT2D eigenvalue weighted by atomic mass is 16.5. The van der Waals surface area contributed by atoms with Gasteiger partial charge in [0.1, 0.15) is 17.4 Å². The van der Waals surface area contributed by atoms with Crippen LogP contribution in [0.2, 0.25) is 0 Å². The number of phenols is 1. The molecule has 21 heavy (non-hydrogen) atoms. The Kier molecular flexibility index (Phi) is 6.28. The monoisotopic (exact) mass is 289 g/mol. The van der Waals surface area contributed by atoms with Crippen LogP contribution < -0.4 is 10.6 Å². The molecular weight excluding hydrogens is 274 g/mol. The summed E-state index contributed by atoms with van der Waals surface area (Å²) in [5, 5.41) is 23.5. The second kappa shape index (κ2) is 8.22. The normalized spacial score (nSPS) is 10.4. The standard InChI is InChI=1S/C14H15N3O4/c1-21-13(19)6-7-16-9-10(8-15)14(20)17-11-4-2-3-5-12(11)18/h2-5,9,16,18H,6-7H2,1H3,(H,17,20)/b10-9-. The largest absolute Gasteiger partial charge is 0.506 e. The third-order valence-corrected chi connectivity index (χ3v) is 2.46. The summed E-state index contributed by atoms with van der Waals surface area (Å²) in [5.41, 5.74) is 0.0290. The molecule has 0 atom stereocenters. The number of para-hydroxylation sites is 2. The third-order valence-electron chi connectivity index (χ3n) is 2.46. The summed E-state index contributed by atoms with van der Waals surface area (Å²) in [6, 6.07) is 7.91. The number of methoxy groups -OCH3 is 1. The van der Waals surface area contributed by atoms with Crippen LogP contribution >= 0.6 is 0 Å². The molecule has 0 fully saturated rings. The van der Waals surface area contributed by atoms with E-state index in [0.29, 0.717) is 0 Å². The first-order valence-corrected chi connectivity index (χ1v) is 6.08. The van der Waals surface area contributed by atoms with E-state index in [2.05, 4.69) is 15.4 Å². The number of carbonyl (C=O) groups is 2. The fraction of sp³-hybridized carbons (Fsp3) is 0.214. The van der Waals surface area contributed by atoms with Gasteiger partial charge in [0.2, 0.25) is 0 Å². The van der Waals surface area contributed by atoms with Gasteiger partial charge in [0.05, 0.1) is 19.2 Å². The minimum absolute atomic E-state index is 0.0956. The molecule has 0 saturated carbocycles. The third kappa shape index (κ3) is 5.24. The van der Waals surface area contributed by atoms with Gasteiger partial charge in [-0.2, -0.15) is 5.26 Å². The lowest BCUT2D eigenvalue weighted by Crippen LogP contribution is -2.18. The maximum Gasteiger partial charge on any atom is 0.307 e. The SMILES string of the molecule is COC(=O)CCN/C=C(/C#N)C(=O)Nc1ccccc1O. The number of nitriles is 1. The molecule has 0 saturated heterocycles. The molecule has 0 unspecified atom stereocenters. The Hall–Kier alpha value is -3.01. The van der Waals surface area contributed by atoms with Crippen molar-refractivity contribution in [2.75, 3.05) is 19.0 Å². The van der Waals surface area contributed by atoms with Crippen molar-refractivity contribution in [3.8, 4) is 11.8 Å². The highest BCUT2D eigenvalue weighted by Crippen LogP contribution is 2.21. The van der Waals surface area contributed by atoms with Gasteiger partial charge < -0.3 is 20.5 Å². The van der Waals surface area contributed by atoms with Crippen LogP contribution in [0.15, 0.2) is 36.0 Å². The number of hydrogen-bond acceptors (Lipinski definition) is 6. The van der Waals surface area contributed by atoms with Gasteiger partial charge in [0.25, 0.3) is 5.91 Å². The van der Waals surface area contributed by atoms with Gasteiger partial charge in [0, 0.05) is 12.7 Å². The van der Waals surface area contributed by atoms with E-state index in [4.69, 9.17) is 5.26 Å². The van der Waals surface area contributed by atoms with Gasteiger partial charge in [-0.3, -0.25) is 9.59 Å². The summed E-state index contributed by atoms with van der Waals surface area (Å²) in [6.45, 7) is 0.238. The number of anilines is 1. The van der Waals surface area contributed by atoms with E-state index < -0.39 is 11.9 Å². The molecule has 1 rings (SSSR count). The number of amides is 1. The molecule has 0 radical (unpaired) electrons. The van der Waals surface area contributed by atoms with Gasteiger partial charge in [-0.15, -0.1) is 0 Å². The fourth-order valence-corrected chi connectivity index (χ4v) is 1.37. The highest BCUT2D eigenvalue weighted by molar-refractivity contribution is 6.07. The number of phenolic OH excluding ortho intramolecular Hbond substituents is 1. The van der Waals surface area contributed by atoms with Crippen molar-refractivity contribution in [3.63, 3.8) is 0 Å². The second-order valence-electron chi connectivity index (χ2n) is 3.92. The Balaban J connectivity index is 2.59. The topological polar surface area (TPSA) is 111 Å². The van der Waals surface area contributed by atoms with Crippen LogP contribution in [0.1, 0.15) is 6.42 Å². The molecule has 0 heterocycles. The summed E-state index contributed by atoms with van der Waals surface area (Å²) in [6.07, 6.45) is 1.32. The maximum absolute atomic E-state index is 11.8. The molecule has 0 spiro atoms. The zero-order chi connectivity index (χ0) is 15.7. The molecule has 0 aliphatic heterocycles. The molecule has 1 aromatic rings. The Morgan fingerprint density at radius 3 is 2.76 bits per heavy atom. The zero-order valence-electron chi connectivity index (χ0n) is 11.4. The van der Waals surface area contributed by atoms with Crippen molar-refractivity contribution in [2.24, 2.45) is 0 Å². The van der Waals surface area contributed by atoms with Crippen LogP contribution in [0.4, 0.5) is 5.69 Å². The lowest BCUT2D eigenvalue weighted by Gasteiger charge is -2.06. The minimum atomic E-state index is -0.662. The van der Waals surface area contributed by atoms with Crippen molar-refractivity contribution in [1.29, 1.82) is 5.26 Å². The first-order chi connectivity index (χ1) is 10.1. The number of esters is 1. The van der Waals surface area contributed by atoms with Crippen molar-refractivity contribution in [1.82, 2.24) is 5.32 Å². The highest BCUT2D eigenvalue weighted by Gasteiger charge is 2.11. The van der Waals surface area contributed by atoms with E-state index >= 15 is 0 Å². The molecule has 1 aromatic carbocycles. The molecule has 7 nitrogen and oxygen atoms in total. The second-order valence-corrected chi connectivity index (χ2v) is 3.92. The number of ether oxygens (including phenoxy) is 1. The van der Waals surface area contributed by atoms with Crippen LogP contribution in [0, 0.1) is 11.3 Å². The number of benzene rings is 1. The molecule has 0 aromatic heterocycles. The predicted molar refractivity (Wildman–Crippen MR) is 75.1 cm³/mol. The molecule has 0 bridgehead atoms. The minimum Gasteiger partial charge on any atom is -0.506 e. The number of rotatable bonds is 6. The van der Waals surface area contributed by atoms with E-state index in [-0.39, 0.29) is 30.0 Å². The van der Waals surface area contributed by atoms with Gasteiger partial charge in [-0.25, -0.2) is 0 Å². The van der Waals surface area contributed by atoms with E-state index in [1.807, 2.05) is 0 Å². The Bertz CT molecular complexity index is 590. The first kappa shape index (κ1) is 16.0. The Morgan fingerprint density at radius 1 is 1.43 bits per heavy atom. The first-order valence-electron chi connectivity index (χ1n) is 6.08. The van der Waals surface area contributed by atoms with Crippen molar-refractivity contribution in [3.05, 3.63) is 36.0 Å². The molecule has 1 amide bonds.